The maximum atomic E-state index is 13.6. The lowest BCUT2D eigenvalue weighted by molar-refractivity contribution is -0.143. The second-order valence-electron chi connectivity index (χ2n) is 5.66. The molecule has 2 rings (SSSR count). The number of rotatable bonds is 5. The number of hydrogen-bond acceptors (Lipinski definition) is 2. The fraction of sp³-hybridized carbons (Fsp3) is 0.467. The fourth-order valence-electron chi connectivity index (χ4n) is 2.41. The Hall–Kier alpha value is -1.98. The van der Waals surface area contributed by atoms with Crippen molar-refractivity contribution in [3.05, 3.63) is 35.4 Å². The smallest absolute Gasteiger partial charge is 0.326 e. The van der Waals surface area contributed by atoms with Gasteiger partial charge in [-0.2, -0.15) is 0 Å². The Morgan fingerprint density at radius 3 is 2.57 bits per heavy atom. The molecule has 2 N–H and O–H groups in total. The summed E-state index contributed by atoms with van der Waals surface area (Å²) in [5.41, 5.74) is 0.173. The van der Waals surface area contributed by atoms with E-state index in [-0.39, 0.29) is 17.4 Å². The summed E-state index contributed by atoms with van der Waals surface area (Å²) < 4.78 is 26.8. The molecule has 0 aliphatic heterocycles. The molecule has 114 valence electrons. The SMILES string of the molecule is CC(C)[C@H](NC(=O)C1CC1c1cccc(F)c1F)C(=O)O. The molecule has 21 heavy (non-hydrogen) atoms. The molecule has 0 saturated heterocycles. The predicted molar refractivity (Wildman–Crippen MR) is 71.6 cm³/mol. The van der Waals surface area contributed by atoms with Crippen LogP contribution in [0.2, 0.25) is 0 Å². The van der Waals surface area contributed by atoms with Crippen LogP contribution in [0.25, 0.3) is 0 Å². The molecule has 6 heteroatoms. The van der Waals surface area contributed by atoms with Crippen LogP contribution in [0.1, 0.15) is 31.7 Å². The lowest BCUT2D eigenvalue weighted by Gasteiger charge is -2.17. The van der Waals surface area contributed by atoms with E-state index in [4.69, 9.17) is 5.11 Å². The van der Waals surface area contributed by atoms with Crippen molar-refractivity contribution in [3.8, 4) is 0 Å². The first-order valence-electron chi connectivity index (χ1n) is 6.80. The molecule has 1 aliphatic carbocycles. The van der Waals surface area contributed by atoms with E-state index in [2.05, 4.69) is 5.32 Å². The van der Waals surface area contributed by atoms with Gasteiger partial charge in [-0.05, 0) is 29.9 Å². The zero-order chi connectivity index (χ0) is 15.7. The Morgan fingerprint density at radius 1 is 1.33 bits per heavy atom. The maximum Gasteiger partial charge on any atom is 0.326 e. The van der Waals surface area contributed by atoms with E-state index in [1.165, 1.54) is 12.1 Å². The second-order valence-corrected chi connectivity index (χ2v) is 5.66. The molecule has 0 bridgehead atoms. The molecule has 1 aromatic carbocycles. The van der Waals surface area contributed by atoms with Gasteiger partial charge in [-0.15, -0.1) is 0 Å². The number of nitrogens with one attached hydrogen (secondary N) is 1. The number of halogens is 2. The monoisotopic (exact) mass is 297 g/mol. The Bertz CT molecular complexity index is 574. The van der Waals surface area contributed by atoms with Gasteiger partial charge in [0.1, 0.15) is 6.04 Å². The molecule has 2 unspecified atom stereocenters. The lowest BCUT2D eigenvalue weighted by Crippen LogP contribution is -2.45. The van der Waals surface area contributed by atoms with Crippen LogP contribution < -0.4 is 5.32 Å². The van der Waals surface area contributed by atoms with Crippen molar-refractivity contribution in [1.29, 1.82) is 0 Å². The first kappa shape index (κ1) is 15.4. The Labute approximate surface area is 121 Å². The fourth-order valence-corrected chi connectivity index (χ4v) is 2.41. The summed E-state index contributed by atoms with van der Waals surface area (Å²) in [5, 5.41) is 11.5. The Morgan fingerprint density at radius 2 is 2.00 bits per heavy atom. The summed E-state index contributed by atoms with van der Waals surface area (Å²) in [6.45, 7) is 3.38. The summed E-state index contributed by atoms with van der Waals surface area (Å²) in [5.74, 6) is -4.54. The summed E-state index contributed by atoms with van der Waals surface area (Å²) in [7, 11) is 0. The van der Waals surface area contributed by atoms with Crippen LogP contribution in [0.3, 0.4) is 0 Å². The first-order chi connectivity index (χ1) is 9.82. The van der Waals surface area contributed by atoms with Gasteiger partial charge < -0.3 is 10.4 Å². The van der Waals surface area contributed by atoms with Gasteiger partial charge in [0.05, 0.1) is 0 Å². The Balaban J connectivity index is 2.04. The van der Waals surface area contributed by atoms with Gasteiger partial charge in [0.25, 0.3) is 0 Å². The quantitative estimate of drug-likeness (QED) is 0.876. The minimum atomic E-state index is -1.10. The number of carboxylic acid groups (broad SMARTS) is 1. The van der Waals surface area contributed by atoms with Gasteiger partial charge in [-0.3, -0.25) is 4.79 Å². The van der Waals surface area contributed by atoms with Crippen LogP contribution in [0, 0.1) is 23.5 Å². The van der Waals surface area contributed by atoms with E-state index in [0.717, 1.165) is 6.07 Å². The van der Waals surface area contributed by atoms with Crippen LogP contribution in [-0.4, -0.2) is 23.0 Å². The Kier molecular flexibility index (Phi) is 4.25. The molecule has 1 saturated carbocycles. The van der Waals surface area contributed by atoms with E-state index >= 15 is 0 Å². The van der Waals surface area contributed by atoms with Gasteiger partial charge in [0.15, 0.2) is 11.6 Å². The number of carboxylic acids is 1. The van der Waals surface area contributed by atoms with Gasteiger partial charge in [-0.25, -0.2) is 13.6 Å². The van der Waals surface area contributed by atoms with E-state index in [9.17, 15) is 18.4 Å². The molecule has 1 aliphatic rings. The molecule has 0 heterocycles. The third kappa shape index (κ3) is 3.20. The van der Waals surface area contributed by atoms with E-state index in [0.29, 0.717) is 6.42 Å². The average molecular weight is 297 g/mol. The second kappa shape index (κ2) is 5.79. The van der Waals surface area contributed by atoms with Crippen LogP contribution >= 0.6 is 0 Å². The average Bonchev–Trinajstić information content (AvgIpc) is 3.18. The highest BCUT2D eigenvalue weighted by Crippen LogP contribution is 2.48. The van der Waals surface area contributed by atoms with Crippen molar-refractivity contribution in [2.45, 2.75) is 32.2 Å². The summed E-state index contributed by atoms with van der Waals surface area (Å²) in [4.78, 5) is 23.1. The highest BCUT2D eigenvalue weighted by atomic mass is 19.2. The van der Waals surface area contributed by atoms with Crippen molar-refractivity contribution in [2.75, 3.05) is 0 Å². The van der Waals surface area contributed by atoms with Crippen LogP contribution in [0.15, 0.2) is 18.2 Å². The normalized spacial score (nSPS) is 22.0. The van der Waals surface area contributed by atoms with Gasteiger partial charge in [-0.1, -0.05) is 26.0 Å². The number of carbonyl (C=O) groups is 2. The zero-order valence-electron chi connectivity index (χ0n) is 11.8. The minimum absolute atomic E-state index is 0.173. The van der Waals surface area contributed by atoms with Crippen molar-refractivity contribution in [3.63, 3.8) is 0 Å². The van der Waals surface area contributed by atoms with E-state index < -0.39 is 35.5 Å². The third-order valence-corrected chi connectivity index (χ3v) is 3.74. The van der Waals surface area contributed by atoms with E-state index in [1.807, 2.05) is 0 Å². The first-order valence-corrected chi connectivity index (χ1v) is 6.80. The molecule has 1 amide bonds. The number of hydrogen-bond donors (Lipinski definition) is 2. The zero-order valence-corrected chi connectivity index (χ0v) is 11.8. The molecule has 1 aromatic rings. The van der Waals surface area contributed by atoms with Gasteiger partial charge in [0, 0.05) is 5.92 Å². The molecular formula is C15H17F2NO3. The summed E-state index contributed by atoms with van der Waals surface area (Å²) in [6, 6.07) is 2.90. The van der Waals surface area contributed by atoms with E-state index in [1.54, 1.807) is 13.8 Å². The highest BCUT2D eigenvalue weighted by Gasteiger charge is 2.46. The van der Waals surface area contributed by atoms with Crippen molar-refractivity contribution >= 4 is 11.9 Å². The van der Waals surface area contributed by atoms with Crippen molar-refractivity contribution < 1.29 is 23.5 Å². The van der Waals surface area contributed by atoms with Gasteiger partial charge in [0.2, 0.25) is 5.91 Å². The lowest BCUT2D eigenvalue weighted by atomic mass is 10.0. The topological polar surface area (TPSA) is 66.4 Å². The molecule has 0 radical (unpaired) electrons. The van der Waals surface area contributed by atoms with Crippen molar-refractivity contribution in [2.24, 2.45) is 11.8 Å². The highest BCUT2D eigenvalue weighted by molar-refractivity contribution is 5.87. The molecule has 0 aromatic heterocycles. The van der Waals surface area contributed by atoms with Crippen LogP contribution in [0.4, 0.5) is 8.78 Å². The minimum Gasteiger partial charge on any atom is -0.480 e. The number of benzene rings is 1. The number of aliphatic carboxylic acids is 1. The van der Waals surface area contributed by atoms with Crippen LogP contribution in [0.5, 0.6) is 0 Å². The largest absolute Gasteiger partial charge is 0.480 e. The molecule has 3 atom stereocenters. The standard InChI is InChI=1S/C15H17F2NO3/c1-7(2)13(15(20)21)18-14(19)10-6-9(10)8-4-3-5-11(16)12(8)17/h3-5,7,9-10,13H,6H2,1-2H3,(H,18,19)(H,20,21)/t9?,10?,13-/m0/s1. The molecular weight excluding hydrogens is 280 g/mol. The molecule has 4 nitrogen and oxygen atoms in total. The summed E-state index contributed by atoms with van der Waals surface area (Å²) >= 11 is 0. The van der Waals surface area contributed by atoms with Crippen molar-refractivity contribution in [1.82, 2.24) is 5.32 Å². The molecule has 0 spiro atoms. The third-order valence-electron chi connectivity index (χ3n) is 3.74. The predicted octanol–water partition coefficient (Wildman–Crippen LogP) is 2.29. The number of carbonyl (C=O) groups excluding carboxylic acids is 1. The van der Waals surface area contributed by atoms with Gasteiger partial charge >= 0.3 is 5.97 Å². The van der Waals surface area contributed by atoms with Crippen LogP contribution in [-0.2, 0) is 9.59 Å². The number of amides is 1. The summed E-state index contributed by atoms with van der Waals surface area (Å²) in [6.07, 6.45) is 0.399. The molecule has 1 fully saturated rings. The maximum absolute atomic E-state index is 13.6.